The molecule has 0 aliphatic carbocycles. The summed E-state index contributed by atoms with van der Waals surface area (Å²) < 4.78 is 5.52. The lowest BCUT2D eigenvalue weighted by Gasteiger charge is -2.10. The molecule has 0 aliphatic rings. The van der Waals surface area contributed by atoms with Crippen LogP contribution in [0.25, 0.3) is 0 Å². The summed E-state index contributed by atoms with van der Waals surface area (Å²) in [7, 11) is 0. The fourth-order valence-electron chi connectivity index (χ4n) is 1.33. The molecule has 1 aromatic rings. The van der Waals surface area contributed by atoms with Crippen LogP contribution in [0, 0.1) is 6.92 Å². The molecule has 0 unspecified atom stereocenters. The van der Waals surface area contributed by atoms with E-state index in [1.807, 2.05) is 39.0 Å². The quantitative estimate of drug-likeness (QED) is 0.354. The van der Waals surface area contributed by atoms with Crippen LogP contribution < -0.4 is 5.73 Å². The zero-order valence-electron chi connectivity index (χ0n) is 9.90. The van der Waals surface area contributed by atoms with Gasteiger partial charge in [-0.1, -0.05) is 17.3 Å². The average molecular weight is 222 g/mol. The van der Waals surface area contributed by atoms with Crippen molar-refractivity contribution in [2.45, 2.75) is 33.5 Å². The maximum absolute atomic E-state index is 8.56. The molecule has 0 spiro atoms. The van der Waals surface area contributed by atoms with E-state index in [2.05, 4.69) is 5.16 Å². The van der Waals surface area contributed by atoms with Gasteiger partial charge in [0.1, 0.15) is 0 Å². The molecular weight excluding hydrogens is 204 g/mol. The minimum absolute atomic E-state index is 0.124. The van der Waals surface area contributed by atoms with Crippen LogP contribution in [0.15, 0.2) is 23.4 Å². The van der Waals surface area contributed by atoms with Crippen LogP contribution in [0.1, 0.15) is 30.5 Å². The van der Waals surface area contributed by atoms with Crippen molar-refractivity contribution in [3.8, 4) is 0 Å². The van der Waals surface area contributed by atoms with E-state index in [9.17, 15) is 0 Å². The van der Waals surface area contributed by atoms with E-state index in [4.69, 9.17) is 15.7 Å². The number of nitrogens with two attached hydrogens (primary N) is 1. The second-order valence-corrected chi connectivity index (χ2v) is 3.99. The number of hydrogen-bond acceptors (Lipinski definition) is 3. The summed E-state index contributed by atoms with van der Waals surface area (Å²) in [5, 5.41) is 11.5. The maximum Gasteiger partial charge on any atom is 0.170 e. The van der Waals surface area contributed by atoms with Crippen LogP contribution in [0.3, 0.4) is 0 Å². The molecule has 0 bridgehead atoms. The fraction of sp³-hybridized carbons (Fsp3) is 0.417. The third-order valence-corrected chi connectivity index (χ3v) is 2.32. The van der Waals surface area contributed by atoms with E-state index in [0.29, 0.717) is 12.2 Å². The van der Waals surface area contributed by atoms with E-state index < -0.39 is 0 Å². The molecule has 0 radical (unpaired) electrons. The highest BCUT2D eigenvalue weighted by Gasteiger charge is 2.04. The van der Waals surface area contributed by atoms with Gasteiger partial charge in [0, 0.05) is 5.56 Å². The van der Waals surface area contributed by atoms with E-state index in [-0.39, 0.29) is 11.9 Å². The van der Waals surface area contributed by atoms with Crippen molar-refractivity contribution < 1.29 is 9.94 Å². The van der Waals surface area contributed by atoms with Gasteiger partial charge in [0.2, 0.25) is 0 Å². The van der Waals surface area contributed by atoms with E-state index >= 15 is 0 Å². The van der Waals surface area contributed by atoms with Crippen molar-refractivity contribution in [1.29, 1.82) is 0 Å². The molecule has 0 saturated carbocycles. The molecular formula is C12H18N2O2. The number of rotatable bonds is 4. The molecule has 0 fully saturated rings. The first kappa shape index (κ1) is 12.5. The molecule has 1 rings (SSSR count). The Kier molecular flexibility index (Phi) is 4.31. The molecule has 4 nitrogen and oxygen atoms in total. The smallest absolute Gasteiger partial charge is 0.170 e. The summed E-state index contributed by atoms with van der Waals surface area (Å²) in [6, 6.07) is 5.64. The number of nitrogens with zero attached hydrogens (tertiary/aromatic N) is 1. The molecule has 0 aliphatic heterocycles. The second kappa shape index (κ2) is 5.51. The third kappa shape index (κ3) is 3.24. The number of ether oxygens (including phenoxy) is 1. The maximum atomic E-state index is 8.56. The van der Waals surface area contributed by atoms with Crippen LogP contribution in [0.2, 0.25) is 0 Å². The lowest BCUT2D eigenvalue weighted by Crippen LogP contribution is -2.13. The van der Waals surface area contributed by atoms with Crippen molar-refractivity contribution in [3.05, 3.63) is 34.9 Å². The SMILES string of the molecule is Cc1cc(/C(N)=N/O)ccc1COC(C)C. The molecule has 1 aromatic carbocycles. The van der Waals surface area contributed by atoms with E-state index in [1.54, 1.807) is 0 Å². The number of benzene rings is 1. The fourth-order valence-corrected chi connectivity index (χ4v) is 1.33. The van der Waals surface area contributed by atoms with E-state index in [1.165, 1.54) is 0 Å². The normalized spacial score (nSPS) is 12.1. The predicted molar refractivity (Wildman–Crippen MR) is 63.6 cm³/mol. The van der Waals surface area contributed by atoms with Crippen molar-refractivity contribution in [2.75, 3.05) is 0 Å². The zero-order valence-corrected chi connectivity index (χ0v) is 9.90. The Bertz CT molecular complexity index is 387. The number of oxime groups is 1. The van der Waals surface area contributed by atoms with Crippen LogP contribution in [0.4, 0.5) is 0 Å². The van der Waals surface area contributed by atoms with Gasteiger partial charge in [-0.15, -0.1) is 0 Å². The van der Waals surface area contributed by atoms with Crippen molar-refractivity contribution in [1.82, 2.24) is 0 Å². The second-order valence-electron chi connectivity index (χ2n) is 3.99. The van der Waals surface area contributed by atoms with E-state index in [0.717, 1.165) is 11.1 Å². The summed E-state index contributed by atoms with van der Waals surface area (Å²) >= 11 is 0. The zero-order chi connectivity index (χ0) is 12.1. The molecule has 4 heteroatoms. The highest BCUT2D eigenvalue weighted by atomic mass is 16.5. The average Bonchev–Trinajstić information content (AvgIpc) is 2.26. The van der Waals surface area contributed by atoms with Gasteiger partial charge in [-0.3, -0.25) is 0 Å². The molecule has 0 amide bonds. The minimum Gasteiger partial charge on any atom is -0.409 e. The number of aryl methyl sites for hydroxylation is 1. The predicted octanol–water partition coefficient (Wildman–Crippen LogP) is 2.01. The monoisotopic (exact) mass is 222 g/mol. The van der Waals surface area contributed by atoms with Gasteiger partial charge in [-0.2, -0.15) is 0 Å². The molecule has 0 heterocycles. The van der Waals surface area contributed by atoms with Crippen LogP contribution >= 0.6 is 0 Å². The summed E-state index contributed by atoms with van der Waals surface area (Å²) in [6.45, 7) is 6.56. The Morgan fingerprint density at radius 1 is 1.50 bits per heavy atom. The molecule has 0 saturated heterocycles. The van der Waals surface area contributed by atoms with Gasteiger partial charge in [0.05, 0.1) is 12.7 Å². The first-order valence-electron chi connectivity index (χ1n) is 5.23. The Balaban J connectivity index is 2.83. The van der Waals surface area contributed by atoms with Crippen LogP contribution in [0.5, 0.6) is 0 Å². The van der Waals surface area contributed by atoms with Crippen molar-refractivity contribution >= 4 is 5.84 Å². The first-order chi connectivity index (χ1) is 7.54. The van der Waals surface area contributed by atoms with Crippen molar-refractivity contribution in [3.63, 3.8) is 0 Å². The lowest BCUT2D eigenvalue weighted by atomic mass is 10.1. The molecule has 16 heavy (non-hydrogen) atoms. The van der Waals surface area contributed by atoms with Gasteiger partial charge >= 0.3 is 0 Å². The van der Waals surface area contributed by atoms with Crippen molar-refractivity contribution in [2.24, 2.45) is 10.9 Å². The van der Waals surface area contributed by atoms with Gasteiger partial charge in [-0.05, 0) is 38.0 Å². The summed E-state index contributed by atoms with van der Waals surface area (Å²) in [4.78, 5) is 0. The highest BCUT2D eigenvalue weighted by Crippen LogP contribution is 2.13. The Hall–Kier alpha value is -1.55. The van der Waals surface area contributed by atoms with Gasteiger partial charge in [0.15, 0.2) is 5.84 Å². The number of hydrogen-bond donors (Lipinski definition) is 2. The summed E-state index contributed by atoms with van der Waals surface area (Å²) in [5.41, 5.74) is 8.41. The van der Waals surface area contributed by atoms with Gasteiger partial charge < -0.3 is 15.7 Å². The Morgan fingerprint density at radius 3 is 2.69 bits per heavy atom. The standard InChI is InChI=1S/C12H18N2O2/c1-8(2)16-7-11-5-4-10(6-9(11)3)12(13)14-15/h4-6,8,15H,7H2,1-3H3,(H2,13,14). The topological polar surface area (TPSA) is 67.8 Å². The Morgan fingerprint density at radius 2 is 2.19 bits per heavy atom. The van der Waals surface area contributed by atoms with Gasteiger partial charge in [0.25, 0.3) is 0 Å². The van der Waals surface area contributed by atoms with Gasteiger partial charge in [-0.25, -0.2) is 0 Å². The molecule has 3 N–H and O–H groups in total. The lowest BCUT2D eigenvalue weighted by molar-refractivity contribution is 0.0654. The summed E-state index contributed by atoms with van der Waals surface area (Å²) in [5.74, 6) is 0.124. The van der Waals surface area contributed by atoms with Crippen LogP contribution in [-0.2, 0) is 11.3 Å². The third-order valence-electron chi connectivity index (χ3n) is 2.32. The van der Waals surface area contributed by atoms with Crippen LogP contribution in [-0.4, -0.2) is 17.1 Å². The first-order valence-corrected chi connectivity index (χ1v) is 5.23. The molecule has 0 atom stereocenters. The number of amidine groups is 1. The highest BCUT2D eigenvalue weighted by molar-refractivity contribution is 5.97. The molecule has 0 aromatic heterocycles. The minimum atomic E-state index is 0.124. The largest absolute Gasteiger partial charge is 0.409 e. The molecule has 88 valence electrons. The Labute approximate surface area is 95.7 Å². The summed E-state index contributed by atoms with van der Waals surface area (Å²) in [6.07, 6.45) is 0.211.